The van der Waals surface area contributed by atoms with Gasteiger partial charge in [-0.2, -0.15) is 5.10 Å². The predicted octanol–water partition coefficient (Wildman–Crippen LogP) is 4.20. The zero-order valence-corrected chi connectivity index (χ0v) is 20.7. The van der Waals surface area contributed by atoms with Gasteiger partial charge in [0.2, 0.25) is 0 Å². The third kappa shape index (κ3) is 5.03. The number of hydrogen-bond acceptors (Lipinski definition) is 8. The van der Waals surface area contributed by atoms with Crippen LogP contribution < -0.4 is 10.1 Å². The quantitative estimate of drug-likeness (QED) is 0.337. The number of hydrogen-bond donors (Lipinski definition) is 2. The number of rotatable bonds is 8. The molecule has 0 aliphatic rings. The lowest BCUT2D eigenvalue weighted by Gasteiger charge is -2.16. The molecule has 0 saturated carbocycles. The van der Waals surface area contributed by atoms with Crippen molar-refractivity contribution in [3.8, 4) is 28.4 Å². The summed E-state index contributed by atoms with van der Waals surface area (Å²) in [6, 6.07) is 11.7. The first-order chi connectivity index (χ1) is 17.3. The molecule has 10 nitrogen and oxygen atoms in total. The van der Waals surface area contributed by atoms with Crippen molar-refractivity contribution >= 4 is 22.4 Å². The molecule has 2 N–H and O–H groups in total. The number of nitrogens with zero attached hydrogens (tertiary/aromatic N) is 7. The highest BCUT2D eigenvalue weighted by Gasteiger charge is 2.15. The molecule has 0 fully saturated rings. The summed E-state index contributed by atoms with van der Waals surface area (Å²) in [6.45, 7) is 6.38. The Hall–Kier alpha value is -4.31. The Morgan fingerprint density at radius 2 is 1.94 bits per heavy atom. The Morgan fingerprint density at radius 3 is 2.69 bits per heavy atom. The molecule has 0 bridgehead atoms. The molecule has 0 spiro atoms. The molecule has 5 rings (SSSR count). The number of anilines is 2. The number of fused-ring (bicyclic) bond motifs is 1. The van der Waals surface area contributed by atoms with Crippen LogP contribution in [-0.2, 0) is 13.6 Å². The normalized spacial score (nSPS) is 11.7. The van der Waals surface area contributed by atoms with Crippen molar-refractivity contribution in [2.75, 3.05) is 11.9 Å². The van der Waals surface area contributed by atoms with Gasteiger partial charge in [-0.05, 0) is 51.1 Å². The molecule has 4 heterocycles. The van der Waals surface area contributed by atoms with E-state index in [0.29, 0.717) is 24.7 Å². The van der Waals surface area contributed by atoms with E-state index in [-0.39, 0.29) is 0 Å². The van der Waals surface area contributed by atoms with Crippen molar-refractivity contribution in [2.45, 2.75) is 32.9 Å². The first kappa shape index (κ1) is 23.4. The standard InChI is InChI=1S/C26H28N8O2/c1-5-36-23-10-17(25-32-28-16-33(25)4)6-9-21(23)31-24-11-22-18(12-27-24)7-8-20(30-22)19-13-29-34(14-19)15-26(2,3)35/h6-14,16,35H,5,15H2,1-4H3,(H,27,31). The van der Waals surface area contributed by atoms with E-state index in [9.17, 15) is 5.11 Å². The van der Waals surface area contributed by atoms with Gasteiger partial charge in [0.05, 0.1) is 41.8 Å². The molecule has 0 saturated heterocycles. The van der Waals surface area contributed by atoms with Crippen LogP contribution in [0.5, 0.6) is 5.75 Å². The van der Waals surface area contributed by atoms with Gasteiger partial charge < -0.3 is 19.7 Å². The molecule has 36 heavy (non-hydrogen) atoms. The van der Waals surface area contributed by atoms with Crippen molar-refractivity contribution in [1.29, 1.82) is 0 Å². The topological polar surface area (TPSA) is 116 Å². The second kappa shape index (κ2) is 9.38. The lowest BCUT2D eigenvalue weighted by molar-refractivity contribution is 0.0577. The van der Waals surface area contributed by atoms with E-state index in [1.54, 1.807) is 37.3 Å². The Bertz CT molecular complexity index is 1520. The van der Waals surface area contributed by atoms with Crippen LogP contribution in [0, 0.1) is 0 Å². The molecule has 4 aromatic heterocycles. The number of ether oxygens (including phenoxy) is 1. The lowest BCUT2D eigenvalue weighted by atomic mass is 10.1. The van der Waals surface area contributed by atoms with Gasteiger partial charge in [-0.3, -0.25) is 4.68 Å². The first-order valence-electron chi connectivity index (χ1n) is 11.7. The number of pyridine rings is 2. The largest absolute Gasteiger partial charge is 0.492 e. The van der Waals surface area contributed by atoms with E-state index in [0.717, 1.165) is 39.2 Å². The summed E-state index contributed by atoms with van der Waals surface area (Å²) >= 11 is 0. The van der Waals surface area contributed by atoms with Crippen LogP contribution in [0.25, 0.3) is 33.5 Å². The minimum absolute atomic E-state index is 0.399. The van der Waals surface area contributed by atoms with Crippen molar-refractivity contribution in [2.24, 2.45) is 7.05 Å². The third-order valence-electron chi connectivity index (χ3n) is 5.57. The molecule has 1 aromatic carbocycles. The molecule has 5 aromatic rings. The van der Waals surface area contributed by atoms with Gasteiger partial charge in [-0.15, -0.1) is 10.2 Å². The Balaban J connectivity index is 1.43. The van der Waals surface area contributed by atoms with E-state index in [4.69, 9.17) is 9.72 Å². The monoisotopic (exact) mass is 484 g/mol. The van der Waals surface area contributed by atoms with Crippen molar-refractivity contribution in [3.63, 3.8) is 0 Å². The van der Waals surface area contributed by atoms with Crippen molar-refractivity contribution in [1.82, 2.24) is 34.5 Å². The first-order valence-corrected chi connectivity index (χ1v) is 11.7. The van der Waals surface area contributed by atoms with Gasteiger partial charge >= 0.3 is 0 Å². The lowest BCUT2D eigenvalue weighted by Crippen LogP contribution is -2.26. The van der Waals surface area contributed by atoms with Crippen LogP contribution in [0.4, 0.5) is 11.5 Å². The van der Waals surface area contributed by atoms with Crippen LogP contribution in [-0.4, -0.2) is 51.8 Å². The van der Waals surface area contributed by atoms with E-state index < -0.39 is 5.60 Å². The predicted molar refractivity (Wildman–Crippen MR) is 138 cm³/mol. The minimum Gasteiger partial charge on any atom is -0.492 e. The summed E-state index contributed by atoms with van der Waals surface area (Å²) < 4.78 is 9.48. The zero-order chi connectivity index (χ0) is 25.3. The fourth-order valence-corrected chi connectivity index (χ4v) is 3.95. The summed E-state index contributed by atoms with van der Waals surface area (Å²) in [5.41, 5.74) is 3.33. The summed E-state index contributed by atoms with van der Waals surface area (Å²) in [5, 5.41) is 26.9. The van der Waals surface area contributed by atoms with E-state index >= 15 is 0 Å². The number of benzene rings is 1. The van der Waals surface area contributed by atoms with Crippen LogP contribution >= 0.6 is 0 Å². The van der Waals surface area contributed by atoms with Gasteiger partial charge in [0.15, 0.2) is 5.82 Å². The second-order valence-corrected chi connectivity index (χ2v) is 9.23. The van der Waals surface area contributed by atoms with Gasteiger partial charge in [0, 0.05) is 42.0 Å². The smallest absolute Gasteiger partial charge is 0.163 e. The molecule has 184 valence electrons. The molecule has 0 unspecified atom stereocenters. The molecule has 10 heteroatoms. The average molecular weight is 485 g/mol. The van der Waals surface area contributed by atoms with E-state index in [2.05, 4.69) is 25.6 Å². The maximum absolute atomic E-state index is 10.1. The SMILES string of the molecule is CCOc1cc(-c2nncn2C)ccc1Nc1cc2nc(-c3cnn(CC(C)(C)O)c3)ccc2cn1. The van der Waals surface area contributed by atoms with Crippen molar-refractivity contribution in [3.05, 3.63) is 61.3 Å². The fraction of sp³-hybridized carbons (Fsp3) is 0.269. The molecular weight excluding hydrogens is 456 g/mol. The molecule has 0 radical (unpaired) electrons. The molecule has 0 amide bonds. The number of nitrogens with one attached hydrogen (secondary N) is 1. The zero-order valence-electron chi connectivity index (χ0n) is 20.7. The number of aliphatic hydroxyl groups is 1. The van der Waals surface area contributed by atoms with Gasteiger partial charge in [0.1, 0.15) is 17.9 Å². The van der Waals surface area contributed by atoms with Gasteiger partial charge in [-0.25, -0.2) is 9.97 Å². The van der Waals surface area contributed by atoms with E-state index in [1.165, 1.54) is 0 Å². The van der Waals surface area contributed by atoms with E-state index in [1.807, 2.05) is 61.1 Å². The molecule has 0 aliphatic carbocycles. The molecule has 0 atom stereocenters. The summed E-state index contributed by atoms with van der Waals surface area (Å²) in [7, 11) is 1.90. The molecule has 0 aliphatic heterocycles. The number of aromatic nitrogens is 7. The maximum atomic E-state index is 10.1. The minimum atomic E-state index is -0.848. The van der Waals surface area contributed by atoms with Crippen molar-refractivity contribution < 1.29 is 9.84 Å². The van der Waals surface area contributed by atoms with Gasteiger partial charge in [0.25, 0.3) is 0 Å². The average Bonchev–Trinajstić information content (AvgIpc) is 3.47. The Morgan fingerprint density at radius 1 is 1.08 bits per heavy atom. The summed E-state index contributed by atoms with van der Waals surface area (Å²) in [5.74, 6) is 2.10. The van der Waals surface area contributed by atoms with Crippen LogP contribution in [0.2, 0.25) is 0 Å². The number of aryl methyl sites for hydroxylation is 1. The van der Waals surface area contributed by atoms with Crippen LogP contribution in [0.3, 0.4) is 0 Å². The highest BCUT2D eigenvalue weighted by Crippen LogP contribution is 2.32. The van der Waals surface area contributed by atoms with Gasteiger partial charge in [-0.1, -0.05) is 0 Å². The maximum Gasteiger partial charge on any atom is 0.163 e. The Labute approximate surface area is 208 Å². The third-order valence-corrected chi connectivity index (χ3v) is 5.57. The highest BCUT2D eigenvalue weighted by molar-refractivity contribution is 5.84. The second-order valence-electron chi connectivity index (χ2n) is 9.23. The highest BCUT2D eigenvalue weighted by atomic mass is 16.5. The summed E-state index contributed by atoms with van der Waals surface area (Å²) in [4.78, 5) is 9.39. The Kier molecular flexibility index (Phi) is 6.11. The molecular formula is C26H28N8O2. The fourth-order valence-electron chi connectivity index (χ4n) is 3.95. The summed E-state index contributed by atoms with van der Waals surface area (Å²) in [6.07, 6.45) is 7.10. The van der Waals surface area contributed by atoms with Crippen LogP contribution in [0.15, 0.2) is 61.3 Å². The van der Waals surface area contributed by atoms with Crippen LogP contribution in [0.1, 0.15) is 20.8 Å².